The van der Waals surface area contributed by atoms with E-state index in [2.05, 4.69) is 34.0 Å². The number of aromatic nitrogens is 3. The Labute approximate surface area is 135 Å². The average Bonchev–Trinajstić information content (AvgIpc) is 2.99. The first-order valence-electron chi connectivity index (χ1n) is 7.12. The number of nitrogens with zero attached hydrogens (tertiary/aromatic N) is 3. The van der Waals surface area contributed by atoms with Gasteiger partial charge in [-0.1, -0.05) is 41.3 Å². The summed E-state index contributed by atoms with van der Waals surface area (Å²) in [6.07, 6.45) is 4.12. The number of amides is 1. The maximum Gasteiger partial charge on any atom is 0.274 e. The maximum atomic E-state index is 11.7. The molecule has 23 heavy (non-hydrogen) atoms. The van der Waals surface area contributed by atoms with Crippen LogP contribution in [0, 0.1) is 11.8 Å². The molecule has 1 aromatic heterocycles. The lowest BCUT2D eigenvalue weighted by Crippen LogP contribution is -2.24. The van der Waals surface area contributed by atoms with Crippen LogP contribution in [0.5, 0.6) is 5.75 Å². The number of hydrogen-bond donors (Lipinski definition) is 1. The van der Waals surface area contributed by atoms with Crippen molar-refractivity contribution in [3.05, 3.63) is 54.4 Å². The molecule has 0 bridgehead atoms. The fourth-order valence-corrected chi connectivity index (χ4v) is 1.86. The summed E-state index contributed by atoms with van der Waals surface area (Å²) >= 11 is 0. The molecule has 1 aromatic carbocycles. The Balaban J connectivity index is 1.76. The van der Waals surface area contributed by atoms with E-state index in [9.17, 15) is 4.79 Å². The summed E-state index contributed by atoms with van der Waals surface area (Å²) in [5.74, 6) is 6.19. The Hall–Kier alpha value is -3.07. The highest BCUT2D eigenvalue weighted by Crippen LogP contribution is 2.18. The van der Waals surface area contributed by atoms with Crippen molar-refractivity contribution in [3.8, 4) is 17.6 Å². The van der Waals surface area contributed by atoms with Gasteiger partial charge in [-0.3, -0.25) is 9.48 Å². The number of rotatable bonds is 6. The SMILES string of the molecule is C=CCc1ccccc1OCC#CCNC(=O)c1cn(C)nn1. The molecule has 0 unspecified atom stereocenters. The van der Waals surface area contributed by atoms with Gasteiger partial charge >= 0.3 is 0 Å². The molecule has 2 aromatic rings. The van der Waals surface area contributed by atoms with Gasteiger partial charge < -0.3 is 10.1 Å². The molecule has 0 fully saturated rings. The van der Waals surface area contributed by atoms with Crippen LogP contribution in [0.2, 0.25) is 0 Å². The maximum absolute atomic E-state index is 11.7. The van der Waals surface area contributed by atoms with Crippen LogP contribution in [0.1, 0.15) is 16.1 Å². The fraction of sp³-hybridized carbons (Fsp3) is 0.235. The van der Waals surface area contributed by atoms with Gasteiger partial charge in [0.1, 0.15) is 12.4 Å². The molecule has 1 amide bonds. The van der Waals surface area contributed by atoms with Crippen molar-refractivity contribution in [1.29, 1.82) is 0 Å². The minimum atomic E-state index is -0.301. The number of benzene rings is 1. The third-order valence-corrected chi connectivity index (χ3v) is 2.93. The van der Waals surface area contributed by atoms with Gasteiger partial charge in [0, 0.05) is 7.05 Å². The third kappa shape index (κ3) is 5.00. The normalized spacial score (nSPS) is 9.61. The summed E-state index contributed by atoms with van der Waals surface area (Å²) in [6.45, 7) is 4.21. The van der Waals surface area contributed by atoms with Gasteiger partial charge in [0.05, 0.1) is 12.7 Å². The van der Waals surface area contributed by atoms with E-state index in [-0.39, 0.29) is 24.8 Å². The van der Waals surface area contributed by atoms with E-state index in [1.165, 1.54) is 4.68 Å². The largest absolute Gasteiger partial charge is 0.481 e. The second-order valence-corrected chi connectivity index (χ2v) is 4.70. The zero-order valence-corrected chi connectivity index (χ0v) is 13.0. The Kier molecular flexibility index (Phi) is 5.95. The summed E-state index contributed by atoms with van der Waals surface area (Å²) < 4.78 is 7.09. The third-order valence-electron chi connectivity index (χ3n) is 2.93. The van der Waals surface area contributed by atoms with Gasteiger partial charge in [0.15, 0.2) is 5.69 Å². The van der Waals surface area contributed by atoms with Crippen molar-refractivity contribution in [2.24, 2.45) is 7.05 Å². The number of hydrogen-bond acceptors (Lipinski definition) is 4. The zero-order valence-electron chi connectivity index (χ0n) is 13.0. The monoisotopic (exact) mass is 310 g/mol. The summed E-state index contributed by atoms with van der Waals surface area (Å²) in [4.78, 5) is 11.7. The van der Waals surface area contributed by atoms with E-state index >= 15 is 0 Å². The second-order valence-electron chi connectivity index (χ2n) is 4.70. The van der Waals surface area contributed by atoms with Crippen molar-refractivity contribution in [2.45, 2.75) is 6.42 Å². The Morgan fingerprint density at radius 2 is 2.26 bits per heavy atom. The van der Waals surface area contributed by atoms with Gasteiger partial charge in [0.2, 0.25) is 0 Å². The molecule has 0 aliphatic heterocycles. The van der Waals surface area contributed by atoms with Crippen molar-refractivity contribution in [1.82, 2.24) is 20.3 Å². The van der Waals surface area contributed by atoms with Gasteiger partial charge in [0.25, 0.3) is 5.91 Å². The molecule has 0 saturated heterocycles. The molecule has 6 heteroatoms. The van der Waals surface area contributed by atoms with E-state index in [1.54, 1.807) is 13.2 Å². The van der Waals surface area contributed by atoms with E-state index in [0.29, 0.717) is 0 Å². The minimum absolute atomic E-state index is 0.229. The molecule has 6 nitrogen and oxygen atoms in total. The predicted molar refractivity (Wildman–Crippen MR) is 87.0 cm³/mol. The Bertz CT molecular complexity index is 740. The molecule has 0 aliphatic rings. The first-order chi connectivity index (χ1) is 11.2. The smallest absolute Gasteiger partial charge is 0.274 e. The highest BCUT2D eigenvalue weighted by molar-refractivity contribution is 5.91. The summed E-state index contributed by atoms with van der Waals surface area (Å²) in [5.41, 5.74) is 1.34. The van der Waals surface area contributed by atoms with Crippen LogP contribution in [-0.2, 0) is 13.5 Å². The molecule has 1 N–H and O–H groups in total. The van der Waals surface area contributed by atoms with E-state index in [4.69, 9.17) is 4.74 Å². The summed E-state index contributed by atoms with van der Waals surface area (Å²) in [5, 5.41) is 10.1. The quantitative estimate of drug-likeness (QED) is 0.646. The Morgan fingerprint density at radius 1 is 1.43 bits per heavy atom. The lowest BCUT2D eigenvalue weighted by molar-refractivity contribution is 0.0953. The van der Waals surface area contributed by atoms with Gasteiger partial charge in [-0.25, -0.2) is 0 Å². The highest BCUT2D eigenvalue weighted by Gasteiger charge is 2.07. The van der Waals surface area contributed by atoms with Crippen LogP contribution < -0.4 is 10.1 Å². The molecule has 2 rings (SSSR count). The molecule has 0 spiro atoms. The van der Waals surface area contributed by atoms with Crippen molar-refractivity contribution in [2.75, 3.05) is 13.2 Å². The predicted octanol–water partition coefficient (Wildman–Crippen LogP) is 1.36. The number of carbonyl (C=O) groups excluding carboxylic acids is 1. The number of ether oxygens (including phenoxy) is 1. The molecule has 0 aliphatic carbocycles. The molecule has 0 saturated carbocycles. The first-order valence-corrected chi connectivity index (χ1v) is 7.12. The van der Waals surface area contributed by atoms with Crippen LogP contribution in [-0.4, -0.2) is 34.1 Å². The van der Waals surface area contributed by atoms with Crippen molar-refractivity contribution >= 4 is 5.91 Å². The average molecular weight is 310 g/mol. The first kappa shape index (κ1) is 16.3. The number of carbonyl (C=O) groups is 1. The molecule has 0 radical (unpaired) electrons. The minimum Gasteiger partial charge on any atom is -0.481 e. The number of nitrogens with one attached hydrogen (secondary N) is 1. The molecular weight excluding hydrogens is 292 g/mol. The molecule has 118 valence electrons. The van der Waals surface area contributed by atoms with Crippen molar-refractivity contribution < 1.29 is 9.53 Å². The molecule has 1 heterocycles. The highest BCUT2D eigenvalue weighted by atomic mass is 16.5. The van der Waals surface area contributed by atoms with E-state index in [0.717, 1.165) is 17.7 Å². The van der Waals surface area contributed by atoms with Crippen LogP contribution >= 0.6 is 0 Å². The zero-order chi connectivity index (χ0) is 16.5. The van der Waals surface area contributed by atoms with Crippen LogP contribution in [0.4, 0.5) is 0 Å². The lowest BCUT2D eigenvalue weighted by Gasteiger charge is -2.07. The van der Waals surface area contributed by atoms with Crippen LogP contribution in [0.15, 0.2) is 43.1 Å². The Morgan fingerprint density at radius 3 is 3.00 bits per heavy atom. The lowest BCUT2D eigenvalue weighted by atomic mass is 10.1. The standard InChI is InChI=1S/C17H18N4O2/c1-3-8-14-9-4-5-10-16(14)23-12-7-6-11-18-17(22)15-13-21(2)20-19-15/h3-5,9-10,13H,1,8,11-12H2,2H3,(H,18,22). The molecular formula is C17H18N4O2. The second kappa shape index (κ2) is 8.39. The molecule has 0 atom stereocenters. The van der Waals surface area contributed by atoms with E-state index < -0.39 is 0 Å². The van der Waals surface area contributed by atoms with Crippen molar-refractivity contribution in [3.63, 3.8) is 0 Å². The summed E-state index contributed by atoms with van der Waals surface area (Å²) in [7, 11) is 1.70. The fourth-order valence-electron chi connectivity index (χ4n) is 1.86. The number of allylic oxidation sites excluding steroid dienone is 1. The van der Waals surface area contributed by atoms with Crippen LogP contribution in [0.3, 0.4) is 0 Å². The number of aryl methyl sites for hydroxylation is 1. The van der Waals surface area contributed by atoms with Gasteiger partial charge in [-0.05, 0) is 18.1 Å². The van der Waals surface area contributed by atoms with E-state index in [1.807, 2.05) is 30.3 Å². The number of para-hydroxylation sites is 1. The van der Waals surface area contributed by atoms with Gasteiger partial charge in [-0.2, -0.15) is 0 Å². The topological polar surface area (TPSA) is 69.0 Å². The summed E-state index contributed by atoms with van der Waals surface area (Å²) in [6, 6.07) is 7.76. The van der Waals surface area contributed by atoms with Gasteiger partial charge in [-0.15, -0.1) is 11.7 Å². The van der Waals surface area contributed by atoms with Crippen LogP contribution in [0.25, 0.3) is 0 Å².